The van der Waals surface area contributed by atoms with Crippen LogP contribution in [0.3, 0.4) is 0 Å². The van der Waals surface area contributed by atoms with Crippen molar-refractivity contribution >= 4 is 23.2 Å². The van der Waals surface area contributed by atoms with Gasteiger partial charge in [0.15, 0.2) is 6.04 Å². The Morgan fingerprint density at radius 3 is 2.91 bits per heavy atom. The van der Waals surface area contributed by atoms with Gasteiger partial charge in [-0.2, -0.15) is 0 Å². The maximum absolute atomic E-state index is 13.8. The molecule has 0 unspecified atom stereocenters. The van der Waals surface area contributed by atoms with Crippen LogP contribution in [0.15, 0.2) is 30.5 Å². The van der Waals surface area contributed by atoms with E-state index in [1.807, 2.05) is 0 Å². The number of nitrogens with zero attached hydrogens (tertiary/aromatic N) is 2. The van der Waals surface area contributed by atoms with Crippen molar-refractivity contribution < 1.29 is 23.8 Å². The fraction of sp³-hybridized carbons (Fsp3) is 0.267. The third kappa shape index (κ3) is 3.08. The molecule has 2 heterocycles. The quantitative estimate of drug-likeness (QED) is 0.926. The normalized spacial score (nSPS) is 18.0. The second-order valence-corrected chi connectivity index (χ2v) is 5.97. The Hall–Kier alpha value is -2.32. The lowest BCUT2D eigenvalue weighted by atomic mass is 10.2. The lowest BCUT2D eigenvalue weighted by Crippen LogP contribution is -2.52. The molecule has 1 amide bonds. The summed E-state index contributed by atoms with van der Waals surface area (Å²) in [7, 11) is 0. The Morgan fingerprint density at radius 1 is 1.39 bits per heavy atom. The van der Waals surface area contributed by atoms with E-state index in [4.69, 9.17) is 4.74 Å². The molecular formula is C15H13FN2O4S. The molecular weight excluding hydrogens is 323 g/mol. The number of hydrogen-bond acceptors (Lipinski definition) is 5. The van der Waals surface area contributed by atoms with E-state index in [0.29, 0.717) is 10.6 Å². The standard InChI is InChI=1S/C15H13FN2O4S/c16-10-4-2-1-3-9(10)13-17-7-12(23-13)14(19)18-5-6-22-8-11(18)15(20)21/h1-4,7,11H,5-6,8H2,(H,20,21)/t11-/m0/s1. The fourth-order valence-corrected chi connectivity index (χ4v) is 3.22. The third-order valence-corrected chi connectivity index (χ3v) is 4.51. The molecule has 1 aliphatic heterocycles. The zero-order chi connectivity index (χ0) is 16.4. The monoisotopic (exact) mass is 336 g/mol. The molecule has 120 valence electrons. The summed E-state index contributed by atoms with van der Waals surface area (Å²) in [5.74, 6) is -1.96. The van der Waals surface area contributed by atoms with E-state index in [9.17, 15) is 19.1 Å². The minimum Gasteiger partial charge on any atom is -0.480 e. The number of amides is 1. The number of ether oxygens (including phenoxy) is 1. The first kappa shape index (κ1) is 15.6. The average Bonchev–Trinajstić information content (AvgIpc) is 3.04. The van der Waals surface area contributed by atoms with E-state index in [2.05, 4.69) is 4.98 Å². The van der Waals surface area contributed by atoms with E-state index < -0.39 is 23.7 Å². The highest BCUT2D eigenvalue weighted by Gasteiger charge is 2.34. The highest BCUT2D eigenvalue weighted by Crippen LogP contribution is 2.28. The van der Waals surface area contributed by atoms with Gasteiger partial charge < -0.3 is 14.7 Å². The fourth-order valence-electron chi connectivity index (χ4n) is 2.33. The maximum atomic E-state index is 13.8. The van der Waals surface area contributed by atoms with E-state index in [1.165, 1.54) is 17.2 Å². The minimum atomic E-state index is -1.11. The van der Waals surface area contributed by atoms with E-state index in [1.54, 1.807) is 18.2 Å². The number of carbonyl (C=O) groups excluding carboxylic acids is 1. The van der Waals surface area contributed by atoms with Gasteiger partial charge in [-0.25, -0.2) is 14.2 Å². The number of aliphatic carboxylic acids is 1. The van der Waals surface area contributed by atoms with Gasteiger partial charge in [-0.1, -0.05) is 12.1 Å². The highest BCUT2D eigenvalue weighted by molar-refractivity contribution is 7.16. The van der Waals surface area contributed by atoms with Crippen molar-refractivity contribution in [1.82, 2.24) is 9.88 Å². The van der Waals surface area contributed by atoms with Crippen molar-refractivity contribution in [1.29, 1.82) is 0 Å². The summed E-state index contributed by atoms with van der Waals surface area (Å²) in [5, 5.41) is 9.57. The molecule has 0 saturated carbocycles. The maximum Gasteiger partial charge on any atom is 0.328 e. The molecule has 1 N–H and O–H groups in total. The van der Waals surface area contributed by atoms with Crippen molar-refractivity contribution in [2.24, 2.45) is 0 Å². The van der Waals surface area contributed by atoms with Crippen LogP contribution in [0.2, 0.25) is 0 Å². The first-order chi connectivity index (χ1) is 11.1. The van der Waals surface area contributed by atoms with Crippen LogP contribution in [0.5, 0.6) is 0 Å². The second-order valence-electron chi connectivity index (χ2n) is 4.94. The predicted octanol–water partition coefficient (Wildman–Crippen LogP) is 1.87. The number of carboxylic acids is 1. The molecule has 0 bridgehead atoms. The molecule has 0 spiro atoms. The Kier molecular flexibility index (Phi) is 4.35. The topological polar surface area (TPSA) is 79.7 Å². The summed E-state index contributed by atoms with van der Waals surface area (Å²) in [6, 6.07) is 5.14. The molecule has 1 aromatic heterocycles. The number of carbonyl (C=O) groups is 2. The number of thiazole rings is 1. The summed E-state index contributed by atoms with van der Waals surface area (Å²) >= 11 is 1.04. The van der Waals surface area contributed by atoms with Crippen molar-refractivity contribution in [2.75, 3.05) is 19.8 Å². The Bertz CT molecular complexity index is 749. The van der Waals surface area contributed by atoms with Gasteiger partial charge in [0.2, 0.25) is 0 Å². The van der Waals surface area contributed by atoms with Gasteiger partial charge in [0.25, 0.3) is 5.91 Å². The summed E-state index contributed by atoms with van der Waals surface area (Å²) in [6.07, 6.45) is 1.35. The number of halogens is 1. The van der Waals surface area contributed by atoms with Gasteiger partial charge in [-0.05, 0) is 12.1 Å². The van der Waals surface area contributed by atoms with Gasteiger partial charge in [0, 0.05) is 12.1 Å². The van der Waals surface area contributed by atoms with Gasteiger partial charge in [-0.3, -0.25) is 4.79 Å². The average molecular weight is 336 g/mol. The number of aromatic nitrogens is 1. The van der Waals surface area contributed by atoms with Crippen LogP contribution in [0.25, 0.3) is 10.6 Å². The van der Waals surface area contributed by atoms with Crippen molar-refractivity contribution in [2.45, 2.75) is 6.04 Å². The van der Waals surface area contributed by atoms with E-state index in [0.717, 1.165) is 11.3 Å². The zero-order valence-electron chi connectivity index (χ0n) is 11.9. The van der Waals surface area contributed by atoms with E-state index >= 15 is 0 Å². The molecule has 2 aromatic rings. The number of rotatable bonds is 3. The van der Waals surface area contributed by atoms with Crippen LogP contribution >= 0.6 is 11.3 Å². The molecule has 0 radical (unpaired) electrons. The summed E-state index contributed by atoms with van der Waals surface area (Å²) in [4.78, 5) is 29.4. The minimum absolute atomic E-state index is 0.0416. The van der Waals surface area contributed by atoms with Crippen molar-refractivity contribution in [3.05, 3.63) is 41.2 Å². The summed E-state index contributed by atoms with van der Waals surface area (Å²) in [5.41, 5.74) is 0.313. The number of hydrogen-bond donors (Lipinski definition) is 1. The van der Waals surface area contributed by atoms with Gasteiger partial charge >= 0.3 is 5.97 Å². The van der Waals surface area contributed by atoms with Crippen LogP contribution < -0.4 is 0 Å². The molecule has 1 fully saturated rings. The molecule has 1 aliphatic rings. The van der Waals surface area contributed by atoms with Crippen LogP contribution in [-0.2, 0) is 9.53 Å². The van der Waals surface area contributed by atoms with E-state index in [-0.39, 0.29) is 24.6 Å². The smallest absolute Gasteiger partial charge is 0.328 e. The number of carboxylic acid groups (broad SMARTS) is 1. The first-order valence-corrected chi connectivity index (χ1v) is 7.72. The lowest BCUT2D eigenvalue weighted by molar-refractivity contribution is -0.147. The molecule has 8 heteroatoms. The van der Waals surface area contributed by atoms with Crippen molar-refractivity contribution in [3.63, 3.8) is 0 Å². The predicted molar refractivity (Wildman–Crippen MR) is 80.8 cm³/mol. The molecule has 0 aliphatic carbocycles. The summed E-state index contributed by atoms with van der Waals surface area (Å²) in [6.45, 7) is 0.442. The summed E-state index contributed by atoms with van der Waals surface area (Å²) < 4.78 is 18.9. The highest BCUT2D eigenvalue weighted by atomic mass is 32.1. The Morgan fingerprint density at radius 2 is 2.17 bits per heavy atom. The first-order valence-electron chi connectivity index (χ1n) is 6.90. The van der Waals surface area contributed by atoms with Gasteiger partial charge in [-0.15, -0.1) is 11.3 Å². The lowest BCUT2D eigenvalue weighted by Gasteiger charge is -2.32. The van der Waals surface area contributed by atoms with Crippen LogP contribution in [0.4, 0.5) is 4.39 Å². The number of benzene rings is 1. The second kappa shape index (κ2) is 6.43. The molecule has 23 heavy (non-hydrogen) atoms. The largest absolute Gasteiger partial charge is 0.480 e. The Balaban J connectivity index is 1.86. The number of morpholine rings is 1. The van der Waals surface area contributed by atoms with Crippen LogP contribution in [0, 0.1) is 5.82 Å². The SMILES string of the molecule is O=C(O)[C@@H]1COCCN1C(=O)c1cnc(-c2ccccc2F)s1. The van der Waals surface area contributed by atoms with Crippen molar-refractivity contribution in [3.8, 4) is 10.6 Å². The zero-order valence-corrected chi connectivity index (χ0v) is 12.8. The molecule has 1 saturated heterocycles. The van der Waals surface area contributed by atoms with Crippen LogP contribution in [0.1, 0.15) is 9.67 Å². The van der Waals surface area contributed by atoms with Gasteiger partial charge in [0.05, 0.1) is 19.4 Å². The molecule has 6 nitrogen and oxygen atoms in total. The van der Waals surface area contributed by atoms with Crippen LogP contribution in [-0.4, -0.2) is 52.7 Å². The van der Waals surface area contributed by atoms with Gasteiger partial charge in [0.1, 0.15) is 15.7 Å². The molecule has 1 aromatic carbocycles. The molecule has 1 atom stereocenters. The molecule has 3 rings (SSSR count). The third-order valence-electron chi connectivity index (χ3n) is 3.50. The Labute approximate surface area is 135 Å².